The molecule has 1 heterocycles. The van der Waals surface area contributed by atoms with Crippen molar-refractivity contribution < 1.29 is 5.21 Å². The van der Waals surface area contributed by atoms with Gasteiger partial charge < -0.3 is 0 Å². The van der Waals surface area contributed by atoms with Crippen LogP contribution in [0, 0.1) is 0 Å². The fraction of sp³-hybridized carbons (Fsp3) is 0.167. The van der Waals surface area contributed by atoms with Gasteiger partial charge in [0, 0.05) is 0 Å². The molecule has 0 aliphatic rings. The van der Waals surface area contributed by atoms with Crippen LogP contribution in [0.15, 0.2) is 25.3 Å². The van der Waals surface area contributed by atoms with Gasteiger partial charge in [-0.05, 0) is 0 Å². The van der Waals surface area contributed by atoms with Crippen molar-refractivity contribution in [1.29, 1.82) is 0 Å². The molecule has 1 rings (SSSR count). The van der Waals surface area contributed by atoms with Gasteiger partial charge in [0.05, 0.1) is 6.54 Å². The topological polar surface area (TPSA) is 62.1 Å². The van der Waals surface area contributed by atoms with Gasteiger partial charge >= 0.3 is 0 Å². The van der Waals surface area contributed by atoms with E-state index in [2.05, 4.69) is 21.5 Å². The van der Waals surface area contributed by atoms with Crippen molar-refractivity contribution in [3.63, 3.8) is 0 Å². The summed E-state index contributed by atoms with van der Waals surface area (Å²) >= 11 is 0. The molecule has 0 fully saturated rings. The zero-order valence-electron chi connectivity index (χ0n) is 5.88. The third-order valence-electron chi connectivity index (χ3n) is 1.01. The Morgan fingerprint density at radius 2 is 2.18 bits per heavy atom. The molecule has 5 nitrogen and oxygen atoms in total. The highest BCUT2D eigenvalue weighted by atomic mass is 16.5. The fourth-order valence-corrected chi connectivity index (χ4v) is 0.570. The molecule has 0 saturated carbocycles. The van der Waals surface area contributed by atoms with E-state index in [1.165, 1.54) is 12.7 Å². The van der Waals surface area contributed by atoms with Gasteiger partial charge in [0.25, 0.3) is 5.95 Å². The van der Waals surface area contributed by atoms with Crippen molar-refractivity contribution in [2.45, 2.75) is 0 Å². The molecule has 0 spiro atoms. The van der Waals surface area contributed by atoms with Crippen LogP contribution in [0.2, 0.25) is 0 Å². The lowest BCUT2D eigenvalue weighted by atomic mass is 10.6. The SMILES string of the molecule is C=CCN(O)c1ncncn1. The highest BCUT2D eigenvalue weighted by Gasteiger charge is 2.00. The average molecular weight is 152 g/mol. The molecule has 5 heteroatoms. The van der Waals surface area contributed by atoms with Gasteiger partial charge in [-0.3, -0.25) is 5.21 Å². The Labute approximate surface area is 64.0 Å². The molecular formula is C6H8N4O. The molecule has 0 unspecified atom stereocenters. The number of hydrogen-bond acceptors (Lipinski definition) is 5. The van der Waals surface area contributed by atoms with Crippen molar-refractivity contribution in [2.24, 2.45) is 0 Å². The molecular weight excluding hydrogens is 144 g/mol. The summed E-state index contributed by atoms with van der Waals surface area (Å²) in [6.45, 7) is 3.75. The molecule has 0 atom stereocenters. The summed E-state index contributed by atoms with van der Waals surface area (Å²) in [4.78, 5) is 11.0. The van der Waals surface area contributed by atoms with E-state index in [1.54, 1.807) is 6.08 Å². The van der Waals surface area contributed by atoms with Crippen molar-refractivity contribution in [1.82, 2.24) is 15.0 Å². The van der Waals surface area contributed by atoms with E-state index in [1.807, 2.05) is 0 Å². The van der Waals surface area contributed by atoms with Crippen molar-refractivity contribution in [2.75, 3.05) is 11.6 Å². The smallest absolute Gasteiger partial charge is 0.252 e. The molecule has 1 N–H and O–H groups in total. The van der Waals surface area contributed by atoms with Gasteiger partial charge in [-0.1, -0.05) is 6.08 Å². The molecule has 11 heavy (non-hydrogen) atoms. The van der Waals surface area contributed by atoms with E-state index >= 15 is 0 Å². The van der Waals surface area contributed by atoms with Crippen molar-refractivity contribution >= 4 is 5.95 Å². The van der Waals surface area contributed by atoms with Gasteiger partial charge in [0.1, 0.15) is 12.7 Å². The summed E-state index contributed by atoms with van der Waals surface area (Å²) in [5.41, 5.74) is 0. The minimum Gasteiger partial charge on any atom is -0.285 e. The van der Waals surface area contributed by atoms with E-state index in [-0.39, 0.29) is 5.95 Å². The Morgan fingerprint density at radius 1 is 1.55 bits per heavy atom. The van der Waals surface area contributed by atoms with Crippen LogP contribution >= 0.6 is 0 Å². The lowest BCUT2D eigenvalue weighted by Gasteiger charge is -2.09. The molecule has 0 saturated heterocycles. The minimum absolute atomic E-state index is 0.222. The average Bonchev–Trinajstić information content (AvgIpc) is 2.07. The first-order valence-corrected chi connectivity index (χ1v) is 3.04. The maximum atomic E-state index is 9.13. The van der Waals surface area contributed by atoms with Crippen LogP contribution in [0.5, 0.6) is 0 Å². The Balaban J connectivity index is 2.68. The lowest BCUT2D eigenvalue weighted by Crippen LogP contribution is -2.20. The third kappa shape index (κ3) is 1.98. The molecule has 0 aliphatic heterocycles. The van der Waals surface area contributed by atoms with Crippen molar-refractivity contribution in [3.05, 3.63) is 25.3 Å². The fourth-order valence-electron chi connectivity index (χ4n) is 0.570. The Kier molecular flexibility index (Phi) is 2.51. The summed E-state index contributed by atoms with van der Waals surface area (Å²) < 4.78 is 0. The predicted molar refractivity (Wildman–Crippen MR) is 39.2 cm³/mol. The Hall–Kier alpha value is -1.49. The quantitative estimate of drug-likeness (QED) is 0.497. The molecule has 0 bridgehead atoms. The lowest BCUT2D eigenvalue weighted by molar-refractivity contribution is 0.259. The third-order valence-corrected chi connectivity index (χ3v) is 1.01. The van der Waals surface area contributed by atoms with Gasteiger partial charge in [-0.15, -0.1) is 6.58 Å². The highest BCUT2D eigenvalue weighted by Crippen LogP contribution is 1.98. The monoisotopic (exact) mass is 152 g/mol. The van der Waals surface area contributed by atoms with Crippen LogP contribution in [-0.4, -0.2) is 26.7 Å². The summed E-state index contributed by atoms with van der Waals surface area (Å²) in [6.07, 6.45) is 4.17. The van der Waals surface area contributed by atoms with E-state index in [4.69, 9.17) is 5.21 Å². The van der Waals surface area contributed by atoms with Crippen LogP contribution < -0.4 is 5.06 Å². The number of hydrogen-bond donors (Lipinski definition) is 1. The second-order valence-corrected chi connectivity index (χ2v) is 1.81. The van der Waals surface area contributed by atoms with E-state index < -0.39 is 0 Å². The number of aromatic nitrogens is 3. The largest absolute Gasteiger partial charge is 0.285 e. The first-order chi connectivity index (χ1) is 5.34. The maximum absolute atomic E-state index is 9.13. The zero-order valence-corrected chi connectivity index (χ0v) is 5.88. The van der Waals surface area contributed by atoms with Gasteiger partial charge in [-0.2, -0.15) is 9.97 Å². The molecule has 0 radical (unpaired) electrons. The van der Waals surface area contributed by atoms with E-state index in [0.717, 1.165) is 5.06 Å². The number of anilines is 1. The number of rotatable bonds is 3. The summed E-state index contributed by atoms with van der Waals surface area (Å²) in [5.74, 6) is 0.222. The van der Waals surface area contributed by atoms with E-state index in [9.17, 15) is 0 Å². The molecule has 1 aromatic heterocycles. The van der Waals surface area contributed by atoms with Crippen LogP contribution in [-0.2, 0) is 0 Å². The zero-order chi connectivity index (χ0) is 8.10. The minimum atomic E-state index is 0.222. The second-order valence-electron chi connectivity index (χ2n) is 1.81. The standard InChI is InChI=1S/C6H8N4O/c1-2-3-10(11)6-8-4-7-5-9-6/h2,4-5,11H,1,3H2. The van der Waals surface area contributed by atoms with Gasteiger partial charge in [0.15, 0.2) is 0 Å². The predicted octanol–water partition coefficient (Wildman–Crippen LogP) is 0.253. The van der Waals surface area contributed by atoms with Gasteiger partial charge in [0.2, 0.25) is 0 Å². The molecule has 58 valence electrons. The summed E-state index contributed by atoms with van der Waals surface area (Å²) in [5, 5.41) is 10.0. The molecule has 0 amide bonds. The van der Waals surface area contributed by atoms with E-state index in [0.29, 0.717) is 6.54 Å². The molecule has 1 aromatic rings. The van der Waals surface area contributed by atoms with Crippen LogP contribution in [0.4, 0.5) is 5.95 Å². The van der Waals surface area contributed by atoms with Crippen LogP contribution in [0.25, 0.3) is 0 Å². The summed E-state index contributed by atoms with van der Waals surface area (Å²) in [7, 11) is 0. The summed E-state index contributed by atoms with van der Waals surface area (Å²) in [6, 6.07) is 0. The Bertz CT molecular complexity index is 225. The van der Waals surface area contributed by atoms with Crippen molar-refractivity contribution in [3.8, 4) is 0 Å². The Morgan fingerprint density at radius 3 is 2.73 bits per heavy atom. The number of hydroxylamine groups is 1. The first-order valence-electron chi connectivity index (χ1n) is 3.04. The molecule has 0 aliphatic carbocycles. The van der Waals surface area contributed by atoms with Crippen LogP contribution in [0.1, 0.15) is 0 Å². The number of nitrogens with zero attached hydrogens (tertiary/aromatic N) is 4. The van der Waals surface area contributed by atoms with Crippen LogP contribution in [0.3, 0.4) is 0 Å². The molecule has 0 aromatic carbocycles. The second kappa shape index (κ2) is 3.62. The maximum Gasteiger partial charge on any atom is 0.252 e. The highest BCUT2D eigenvalue weighted by molar-refractivity contribution is 5.22. The normalized spacial score (nSPS) is 9.18. The van der Waals surface area contributed by atoms with Gasteiger partial charge in [-0.25, -0.2) is 10.0 Å². The first kappa shape index (κ1) is 7.62.